The number of carbonyl (C=O) groups is 2. The van der Waals surface area contributed by atoms with Crippen LogP contribution in [-0.2, 0) is 9.53 Å². The molecule has 1 aliphatic heterocycles. The van der Waals surface area contributed by atoms with Crippen molar-refractivity contribution in [3.8, 4) is 0 Å². The average molecular weight is 308 g/mol. The first kappa shape index (κ1) is 13.9. The number of furan rings is 1. The van der Waals surface area contributed by atoms with Crippen LogP contribution in [0, 0.1) is 13.8 Å². The van der Waals surface area contributed by atoms with Gasteiger partial charge >= 0.3 is 5.97 Å². The molecule has 0 unspecified atom stereocenters. The fourth-order valence-corrected chi connectivity index (χ4v) is 2.79. The van der Waals surface area contributed by atoms with Crippen molar-refractivity contribution in [3.63, 3.8) is 0 Å². The van der Waals surface area contributed by atoms with Gasteiger partial charge in [0.15, 0.2) is 11.3 Å². The summed E-state index contributed by atoms with van der Waals surface area (Å²) in [5, 5.41) is 3.90. The van der Waals surface area contributed by atoms with E-state index in [0.29, 0.717) is 29.2 Å². The van der Waals surface area contributed by atoms with E-state index in [9.17, 15) is 9.59 Å². The van der Waals surface area contributed by atoms with E-state index in [1.165, 1.54) is 0 Å². The third-order valence-electron chi connectivity index (χ3n) is 3.58. The number of nitrogens with one attached hydrogen (secondary N) is 1. The van der Waals surface area contributed by atoms with Gasteiger partial charge < -0.3 is 14.5 Å². The van der Waals surface area contributed by atoms with E-state index in [1.54, 1.807) is 13.0 Å². The van der Waals surface area contributed by atoms with Crippen molar-refractivity contribution in [2.45, 2.75) is 26.3 Å². The summed E-state index contributed by atoms with van der Waals surface area (Å²) in [6.45, 7) is 4.05. The lowest BCUT2D eigenvalue weighted by atomic mass is 10.1. The molecule has 2 heterocycles. The second kappa shape index (κ2) is 5.07. The van der Waals surface area contributed by atoms with Crippen molar-refractivity contribution in [2.24, 2.45) is 0 Å². The molecule has 1 aliphatic rings. The first-order valence-corrected chi connectivity index (χ1v) is 7.02. The Morgan fingerprint density at radius 1 is 1.38 bits per heavy atom. The van der Waals surface area contributed by atoms with E-state index in [1.807, 2.05) is 13.0 Å². The number of esters is 1. The number of cyclic esters (lactones) is 1. The molecule has 1 amide bonds. The molecule has 2 aromatic rings. The molecule has 1 aromatic carbocycles. The van der Waals surface area contributed by atoms with Crippen LogP contribution in [-0.4, -0.2) is 24.5 Å². The molecule has 1 saturated heterocycles. The zero-order valence-electron chi connectivity index (χ0n) is 11.7. The Hall–Kier alpha value is -2.01. The Morgan fingerprint density at radius 2 is 2.14 bits per heavy atom. The summed E-state index contributed by atoms with van der Waals surface area (Å²) >= 11 is 6.15. The van der Waals surface area contributed by atoms with Crippen LogP contribution in [0.4, 0.5) is 0 Å². The van der Waals surface area contributed by atoms with Gasteiger partial charge in [-0.15, -0.1) is 0 Å². The summed E-state index contributed by atoms with van der Waals surface area (Å²) < 4.78 is 10.4. The van der Waals surface area contributed by atoms with Gasteiger partial charge in [0.05, 0.1) is 11.6 Å². The van der Waals surface area contributed by atoms with Crippen LogP contribution in [0.25, 0.3) is 11.0 Å². The Labute approximate surface area is 126 Å². The van der Waals surface area contributed by atoms with E-state index in [0.717, 1.165) is 10.9 Å². The number of benzene rings is 1. The molecule has 0 saturated carbocycles. The van der Waals surface area contributed by atoms with E-state index >= 15 is 0 Å². The second-order valence-corrected chi connectivity index (χ2v) is 5.57. The summed E-state index contributed by atoms with van der Waals surface area (Å²) in [7, 11) is 0. The maximum atomic E-state index is 12.3. The van der Waals surface area contributed by atoms with E-state index in [4.69, 9.17) is 20.8 Å². The van der Waals surface area contributed by atoms with Crippen LogP contribution in [0.15, 0.2) is 16.5 Å². The molecule has 1 atom stereocenters. The summed E-state index contributed by atoms with van der Waals surface area (Å²) in [5.41, 5.74) is 2.18. The monoisotopic (exact) mass is 307 g/mol. The molecular weight excluding hydrogens is 294 g/mol. The molecule has 0 bridgehead atoms. The highest BCUT2D eigenvalue weighted by Crippen LogP contribution is 2.32. The van der Waals surface area contributed by atoms with Gasteiger partial charge in [-0.05, 0) is 31.5 Å². The maximum absolute atomic E-state index is 12.3. The number of halogens is 1. The zero-order chi connectivity index (χ0) is 15.1. The molecule has 110 valence electrons. The lowest BCUT2D eigenvalue weighted by Gasteiger charge is -2.07. The average Bonchev–Trinajstić information content (AvgIpc) is 2.95. The lowest BCUT2D eigenvalue weighted by Crippen LogP contribution is -2.37. The van der Waals surface area contributed by atoms with Crippen LogP contribution >= 0.6 is 11.6 Å². The topological polar surface area (TPSA) is 68.5 Å². The van der Waals surface area contributed by atoms with Gasteiger partial charge in [0.2, 0.25) is 0 Å². The quantitative estimate of drug-likeness (QED) is 0.866. The number of fused-ring (bicyclic) bond motifs is 1. The Morgan fingerprint density at radius 3 is 2.81 bits per heavy atom. The largest absolute Gasteiger partial charge is 0.464 e. The Kier molecular flexibility index (Phi) is 3.37. The van der Waals surface area contributed by atoms with Gasteiger partial charge in [0, 0.05) is 17.4 Å². The summed E-state index contributed by atoms with van der Waals surface area (Å²) in [5.74, 6) is -0.663. The first-order valence-electron chi connectivity index (χ1n) is 6.64. The minimum atomic E-state index is -0.609. The highest BCUT2D eigenvalue weighted by atomic mass is 35.5. The zero-order valence-corrected chi connectivity index (χ0v) is 12.4. The molecule has 0 radical (unpaired) electrons. The molecule has 21 heavy (non-hydrogen) atoms. The number of aryl methyl sites for hydroxylation is 2. The molecule has 1 fully saturated rings. The molecule has 1 N–H and O–H groups in total. The fourth-order valence-electron chi connectivity index (χ4n) is 2.48. The van der Waals surface area contributed by atoms with Crippen molar-refractivity contribution in [1.29, 1.82) is 0 Å². The van der Waals surface area contributed by atoms with Crippen LogP contribution in [0.1, 0.15) is 28.1 Å². The Balaban J connectivity index is 1.96. The van der Waals surface area contributed by atoms with E-state index < -0.39 is 17.9 Å². The predicted octanol–water partition coefficient (Wildman–Crippen LogP) is 2.75. The van der Waals surface area contributed by atoms with E-state index in [-0.39, 0.29) is 5.76 Å². The summed E-state index contributed by atoms with van der Waals surface area (Å²) in [6.07, 6.45) is 0.476. The van der Waals surface area contributed by atoms with Gasteiger partial charge in [0.25, 0.3) is 5.91 Å². The third kappa shape index (κ3) is 2.38. The first-order chi connectivity index (χ1) is 9.97. The van der Waals surface area contributed by atoms with Crippen molar-refractivity contribution >= 4 is 34.4 Å². The van der Waals surface area contributed by atoms with Gasteiger partial charge in [-0.2, -0.15) is 0 Å². The van der Waals surface area contributed by atoms with Crippen molar-refractivity contribution in [3.05, 3.63) is 34.0 Å². The smallest absolute Gasteiger partial charge is 0.328 e. The minimum absolute atomic E-state index is 0.178. The maximum Gasteiger partial charge on any atom is 0.328 e. The molecule has 3 rings (SSSR count). The number of carbonyl (C=O) groups excluding carboxylic acids is 2. The molecule has 5 nitrogen and oxygen atoms in total. The fraction of sp³-hybridized carbons (Fsp3) is 0.333. The van der Waals surface area contributed by atoms with Crippen molar-refractivity contribution in [1.82, 2.24) is 5.32 Å². The van der Waals surface area contributed by atoms with Gasteiger partial charge in [0.1, 0.15) is 6.04 Å². The highest BCUT2D eigenvalue weighted by Gasteiger charge is 2.30. The molecule has 6 heteroatoms. The number of ether oxygens (including phenoxy) is 1. The Bertz CT molecular complexity index is 750. The highest BCUT2D eigenvalue weighted by molar-refractivity contribution is 6.35. The number of hydrogen-bond acceptors (Lipinski definition) is 4. The van der Waals surface area contributed by atoms with Crippen LogP contribution in [0.2, 0.25) is 5.02 Å². The standard InChI is InChI=1S/C15H14ClNO4/c1-7-5-9-8(2)12(21-13(9)10(16)6-7)14(18)17-11-3-4-20-15(11)19/h5-6,11H,3-4H2,1-2H3,(H,17,18)/t11-/m0/s1. The molecule has 0 spiro atoms. The van der Waals surface area contributed by atoms with Crippen LogP contribution < -0.4 is 5.32 Å². The minimum Gasteiger partial charge on any atom is -0.464 e. The van der Waals surface area contributed by atoms with Gasteiger partial charge in [-0.3, -0.25) is 4.79 Å². The van der Waals surface area contributed by atoms with Gasteiger partial charge in [-0.1, -0.05) is 11.6 Å². The van der Waals surface area contributed by atoms with E-state index in [2.05, 4.69) is 5.32 Å². The van der Waals surface area contributed by atoms with Gasteiger partial charge in [-0.25, -0.2) is 4.79 Å². The van der Waals surface area contributed by atoms with Crippen LogP contribution in [0.5, 0.6) is 0 Å². The third-order valence-corrected chi connectivity index (χ3v) is 3.86. The van der Waals surface area contributed by atoms with Crippen LogP contribution in [0.3, 0.4) is 0 Å². The normalized spacial score (nSPS) is 18.0. The summed E-state index contributed by atoms with van der Waals surface area (Å²) in [6, 6.07) is 3.09. The molecule has 1 aromatic heterocycles. The number of hydrogen-bond donors (Lipinski definition) is 1. The SMILES string of the molecule is Cc1cc(Cl)c2oc(C(=O)N[C@H]3CCOC3=O)c(C)c2c1. The number of rotatable bonds is 2. The molecular formula is C15H14ClNO4. The molecule has 0 aliphatic carbocycles. The van der Waals surface area contributed by atoms with Crippen molar-refractivity contribution < 1.29 is 18.7 Å². The van der Waals surface area contributed by atoms with Crippen molar-refractivity contribution in [2.75, 3.05) is 6.61 Å². The lowest BCUT2D eigenvalue weighted by molar-refractivity contribution is -0.139. The summed E-state index contributed by atoms with van der Waals surface area (Å²) in [4.78, 5) is 23.7. The second-order valence-electron chi connectivity index (χ2n) is 5.16. The predicted molar refractivity (Wildman–Crippen MR) is 77.5 cm³/mol. The number of amides is 1.